The summed E-state index contributed by atoms with van der Waals surface area (Å²) in [6.45, 7) is 10.6. The molecule has 4 rings (SSSR count). The number of anilines is 1. The van der Waals surface area contributed by atoms with Crippen LogP contribution >= 0.6 is 0 Å². The standard InChI is InChI=1S/C24H30N4O2/c1-16(2)28-21-9-6-5-8-19(21)23-17(3)20(10-11-22(23)28)25-24(30)27-13-7-12-26(14-15-27)18(4)29/h5-6,8-11,16H,7,12-15H2,1-4H3,(H,25,30). The van der Waals surface area contributed by atoms with E-state index in [0.717, 1.165) is 17.7 Å². The molecule has 2 heterocycles. The Hall–Kier alpha value is -3.02. The van der Waals surface area contributed by atoms with E-state index in [9.17, 15) is 9.59 Å². The van der Waals surface area contributed by atoms with Crippen LogP contribution in [0.1, 0.15) is 38.8 Å². The van der Waals surface area contributed by atoms with Crippen LogP contribution in [0.5, 0.6) is 0 Å². The minimum Gasteiger partial charge on any atom is -0.341 e. The molecular formula is C24H30N4O2. The Kier molecular flexibility index (Phi) is 5.41. The van der Waals surface area contributed by atoms with Crippen LogP contribution < -0.4 is 5.32 Å². The second-order valence-corrected chi connectivity index (χ2v) is 8.39. The van der Waals surface area contributed by atoms with Gasteiger partial charge in [0.15, 0.2) is 0 Å². The van der Waals surface area contributed by atoms with Crippen molar-refractivity contribution in [3.8, 4) is 0 Å². The van der Waals surface area contributed by atoms with Gasteiger partial charge in [-0.15, -0.1) is 0 Å². The monoisotopic (exact) mass is 406 g/mol. The van der Waals surface area contributed by atoms with Crippen LogP contribution in [0.3, 0.4) is 0 Å². The molecule has 0 saturated carbocycles. The average Bonchev–Trinajstić information content (AvgIpc) is 2.86. The molecule has 0 bridgehead atoms. The van der Waals surface area contributed by atoms with Crippen LogP contribution in [-0.4, -0.2) is 52.5 Å². The summed E-state index contributed by atoms with van der Waals surface area (Å²) in [6, 6.07) is 12.8. The largest absolute Gasteiger partial charge is 0.341 e. The lowest BCUT2D eigenvalue weighted by atomic mass is 10.1. The summed E-state index contributed by atoms with van der Waals surface area (Å²) in [5.74, 6) is 0.0695. The molecule has 3 amide bonds. The number of urea groups is 1. The Morgan fingerprint density at radius 2 is 1.63 bits per heavy atom. The van der Waals surface area contributed by atoms with Crippen LogP contribution in [0.2, 0.25) is 0 Å². The van der Waals surface area contributed by atoms with E-state index in [1.165, 1.54) is 21.8 Å². The number of fused-ring (bicyclic) bond motifs is 3. The zero-order valence-corrected chi connectivity index (χ0v) is 18.2. The number of hydrogen-bond acceptors (Lipinski definition) is 2. The molecule has 1 aliphatic heterocycles. The van der Waals surface area contributed by atoms with Gasteiger partial charge in [-0.25, -0.2) is 4.79 Å². The fourth-order valence-electron chi connectivity index (χ4n) is 4.58. The summed E-state index contributed by atoms with van der Waals surface area (Å²) in [5.41, 5.74) is 4.32. The van der Waals surface area contributed by atoms with Crippen molar-refractivity contribution < 1.29 is 9.59 Å². The minimum atomic E-state index is -0.101. The van der Waals surface area contributed by atoms with Crippen molar-refractivity contribution in [3.05, 3.63) is 42.0 Å². The quantitative estimate of drug-likeness (QED) is 0.666. The van der Waals surface area contributed by atoms with E-state index in [0.29, 0.717) is 32.2 Å². The number of para-hydroxylation sites is 1. The van der Waals surface area contributed by atoms with E-state index in [4.69, 9.17) is 0 Å². The molecule has 0 radical (unpaired) electrons. The number of carbonyl (C=O) groups is 2. The van der Waals surface area contributed by atoms with Crippen molar-refractivity contribution >= 4 is 39.4 Å². The second-order valence-electron chi connectivity index (χ2n) is 8.39. The number of nitrogens with zero attached hydrogens (tertiary/aromatic N) is 3. The molecule has 0 atom stereocenters. The van der Waals surface area contributed by atoms with Gasteiger partial charge in [-0.1, -0.05) is 18.2 Å². The van der Waals surface area contributed by atoms with Crippen LogP contribution in [0.25, 0.3) is 21.8 Å². The van der Waals surface area contributed by atoms with Crippen molar-refractivity contribution in [3.63, 3.8) is 0 Å². The van der Waals surface area contributed by atoms with E-state index >= 15 is 0 Å². The first kappa shape index (κ1) is 20.3. The van der Waals surface area contributed by atoms with Crippen molar-refractivity contribution in [2.24, 2.45) is 0 Å². The molecule has 1 aliphatic rings. The Bertz CT molecular complexity index is 1120. The van der Waals surface area contributed by atoms with Crippen molar-refractivity contribution in [2.75, 3.05) is 31.5 Å². The highest BCUT2D eigenvalue weighted by atomic mass is 16.2. The van der Waals surface area contributed by atoms with Gasteiger partial charge in [-0.3, -0.25) is 4.79 Å². The van der Waals surface area contributed by atoms with E-state index in [1.54, 1.807) is 6.92 Å². The van der Waals surface area contributed by atoms with Gasteiger partial charge in [-0.05, 0) is 51.0 Å². The zero-order chi connectivity index (χ0) is 21.4. The van der Waals surface area contributed by atoms with E-state index in [-0.39, 0.29) is 11.9 Å². The fraction of sp³-hybridized carbons (Fsp3) is 0.417. The molecule has 1 saturated heterocycles. The molecule has 30 heavy (non-hydrogen) atoms. The summed E-state index contributed by atoms with van der Waals surface area (Å²) >= 11 is 0. The molecule has 3 aromatic rings. The predicted molar refractivity (Wildman–Crippen MR) is 122 cm³/mol. The summed E-state index contributed by atoms with van der Waals surface area (Å²) in [6.07, 6.45) is 0.799. The molecule has 0 aliphatic carbocycles. The molecule has 6 heteroatoms. The Balaban J connectivity index is 1.66. The van der Waals surface area contributed by atoms with E-state index in [2.05, 4.69) is 61.0 Å². The molecule has 0 spiro atoms. The Labute approximate surface area is 177 Å². The third-order valence-corrected chi connectivity index (χ3v) is 6.12. The first-order valence-electron chi connectivity index (χ1n) is 10.7. The number of amides is 3. The predicted octanol–water partition coefficient (Wildman–Crippen LogP) is 4.77. The maximum absolute atomic E-state index is 13.0. The molecule has 1 aromatic heterocycles. The van der Waals surface area contributed by atoms with Gasteiger partial charge >= 0.3 is 6.03 Å². The van der Waals surface area contributed by atoms with Gasteiger partial charge in [0.2, 0.25) is 5.91 Å². The second kappa shape index (κ2) is 8.01. The summed E-state index contributed by atoms with van der Waals surface area (Å²) in [7, 11) is 0. The lowest BCUT2D eigenvalue weighted by Crippen LogP contribution is -2.38. The molecule has 1 fully saturated rings. The van der Waals surface area contributed by atoms with Crippen molar-refractivity contribution in [1.29, 1.82) is 0 Å². The molecular weight excluding hydrogens is 376 g/mol. The highest BCUT2D eigenvalue weighted by molar-refractivity contribution is 6.12. The maximum atomic E-state index is 13.0. The van der Waals surface area contributed by atoms with Gasteiger partial charge in [0.05, 0.1) is 0 Å². The first-order chi connectivity index (χ1) is 14.4. The Morgan fingerprint density at radius 1 is 0.933 bits per heavy atom. The number of rotatable bonds is 2. The Morgan fingerprint density at radius 3 is 2.37 bits per heavy atom. The van der Waals surface area contributed by atoms with Crippen LogP contribution in [-0.2, 0) is 4.79 Å². The van der Waals surface area contributed by atoms with Crippen LogP contribution in [0.4, 0.5) is 10.5 Å². The third-order valence-electron chi connectivity index (χ3n) is 6.12. The molecule has 158 valence electrons. The smallest absolute Gasteiger partial charge is 0.321 e. The number of aromatic nitrogens is 1. The van der Waals surface area contributed by atoms with Crippen molar-refractivity contribution in [2.45, 2.75) is 40.2 Å². The normalized spacial score (nSPS) is 15.1. The number of aryl methyl sites for hydroxylation is 1. The molecule has 2 aromatic carbocycles. The van der Waals surface area contributed by atoms with Crippen LogP contribution in [0, 0.1) is 6.92 Å². The third kappa shape index (κ3) is 3.51. The molecule has 0 unspecified atom stereocenters. The number of nitrogens with one attached hydrogen (secondary N) is 1. The van der Waals surface area contributed by atoms with Crippen LogP contribution in [0.15, 0.2) is 36.4 Å². The van der Waals surface area contributed by atoms with Gasteiger partial charge < -0.3 is 19.7 Å². The highest BCUT2D eigenvalue weighted by Crippen LogP contribution is 2.36. The number of benzene rings is 2. The SMILES string of the molecule is CC(=O)N1CCCN(C(=O)Nc2ccc3c(c2C)c2ccccc2n3C(C)C)CC1. The average molecular weight is 407 g/mol. The lowest BCUT2D eigenvalue weighted by molar-refractivity contribution is -0.128. The molecule has 6 nitrogen and oxygen atoms in total. The first-order valence-corrected chi connectivity index (χ1v) is 10.7. The van der Waals surface area contributed by atoms with E-state index in [1.807, 2.05) is 15.9 Å². The summed E-state index contributed by atoms with van der Waals surface area (Å²) in [5, 5.41) is 5.52. The zero-order valence-electron chi connectivity index (χ0n) is 18.2. The highest BCUT2D eigenvalue weighted by Gasteiger charge is 2.22. The maximum Gasteiger partial charge on any atom is 0.321 e. The summed E-state index contributed by atoms with van der Waals surface area (Å²) in [4.78, 5) is 28.2. The lowest BCUT2D eigenvalue weighted by Gasteiger charge is -2.22. The number of hydrogen-bond donors (Lipinski definition) is 1. The fourth-order valence-corrected chi connectivity index (χ4v) is 4.58. The number of carbonyl (C=O) groups excluding carboxylic acids is 2. The summed E-state index contributed by atoms with van der Waals surface area (Å²) < 4.78 is 2.36. The molecule has 1 N–H and O–H groups in total. The topological polar surface area (TPSA) is 57.6 Å². The van der Waals surface area contributed by atoms with Gasteiger partial charge in [0.1, 0.15) is 0 Å². The van der Waals surface area contributed by atoms with E-state index < -0.39 is 0 Å². The van der Waals surface area contributed by atoms with Gasteiger partial charge in [0.25, 0.3) is 0 Å². The van der Waals surface area contributed by atoms with Crippen molar-refractivity contribution in [1.82, 2.24) is 14.4 Å². The van der Waals surface area contributed by atoms with Gasteiger partial charge in [-0.2, -0.15) is 0 Å². The minimum absolute atomic E-state index is 0.0695. The van der Waals surface area contributed by atoms with Gasteiger partial charge in [0, 0.05) is 66.6 Å².